The molecule has 0 aliphatic carbocycles. The van der Waals surface area contributed by atoms with Crippen LogP contribution >= 0.6 is 0 Å². The van der Waals surface area contributed by atoms with Gasteiger partial charge in [0.1, 0.15) is 11.5 Å². The summed E-state index contributed by atoms with van der Waals surface area (Å²) in [6, 6.07) is 27.2. The highest BCUT2D eigenvalue weighted by Crippen LogP contribution is 2.37. The lowest BCUT2D eigenvalue weighted by molar-refractivity contribution is 0.194. The lowest BCUT2D eigenvalue weighted by Crippen LogP contribution is -2.38. The number of rotatable bonds is 5. The van der Waals surface area contributed by atoms with Crippen molar-refractivity contribution in [1.82, 2.24) is 9.47 Å². The normalized spacial score (nSPS) is 14.5. The van der Waals surface area contributed by atoms with Gasteiger partial charge in [-0.05, 0) is 60.5 Å². The van der Waals surface area contributed by atoms with Crippen molar-refractivity contribution in [2.24, 2.45) is 0 Å². The van der Waals surface area contributed by atoms with E-state index in [9.17, 15) is 4.79 Å². The van der Waals surface area contributed by atoms with Crippen molar-refractivity contribution in [2.45, 2.75) is 19.5 Å². The zero-order chi connectivity index (χ0) is 23.5. The predicted octanol–water partition coefficient (Wildman–Crippen LogP) is 6.02. The molecule has 2 heterocycles. The van der Waals surface area contributed by atoms with Crippen LogP contribution in [0.2, 0.25) is 0 Å². The summed E-state index contributed by atoms with van der Waals surface area (Å²) in [5, 5.41) is 3.07. The molecular formula is C28H27N3O3. The van der Waals surface area contributed by atoms with E-state index in [0.717, 1.165) is 28.3 Å². The number of nitrogens with zero attached hydrogens (tertiary/aromatic N) is 2. The maximum atomic E-state index is 13.8. The molecule has 0 radical (unpaired) electrons. The van der Waals surface area contributed by atoms with Crippen LogP contribution in [0.1, 0.15) is 29.8 Å². The standard InChI is InChI=1S/C28H27N3O3/c1-3-34-22-16-14-20(15-17-22)27-25-12-8-18-30(25)24-11-6-4-9-21(24)19-31(27)28(32)29-23-10-5-7-13-26(23)33-2/h4-18,27H,3,19H2,1-2H3,(H,29,32)/t27-/m0/s1. The predicted molar refractivity (Wildman–Crippen MR) is 133 cm³/mol. The van der Waals surface area contributed by atoms with Crippen LogP contribution in [-0.4, -0.2) is 29.2 Å². The van der Waals surface area contributed by atoms with Crippen LogP contribution in [0.15, 0.2) is 91.1 Å². The fraction of sp³-hybridized carbons (Fsp3) is 0.179. The Hall–Kier alpha value is -4.19. The smallest absolute Gasteiger partial charge is 0.323 e. The molecule has 34 heavy (non-hydrogen) atoms. The maximum Gasteiger partial charge on any atom is 0.323 e. The van der Waals surface area contributed by atoms with E-state index in [-0.39, 0.29) is 12.1 Å². The second kappa shape index (κ2) is 9.35. The third-order valence-electron chi connectivity index (χ3n) is 6.08. The van der Waals surface area contributed by atoms with Gasteiger partial charge in [0.15, 0.2) is 0 Å². The van der Waals surface area contributed by atoms with Crippen molar-refractivity contribution in [3.8, 4) is 17.2 Å². The zero-order valence-corrected chi connectivity index (χ0v) is 19.3. The van der Waals surface area contributed by atoms with Crippen molar-refractivity contribution in [3.63, 3.8) is 0 Å². The van der Waals surface area contributed by atoms with Crippen LogP contribution in [0.3, 0.4) is 0 Å². The molecule has 1 aromatic heterocycles. The van der Waals surface area contributed by atoms with Crippen molar-refractivity contribution in [3.05, 3.63) is 108 Å². The molecule has 1 aliphatic heterocycles. The van der Waals surface area contributed by atoms with Crippen molar-refractivity contribution in [1.29, 1.82) is 0 Å². The molecule has 1 aliphatic rings. The Morgan fingerprint density at radius 1 is 0.971 bits per heavy atom. The average molecular weight is 454 g/mol. The Labute approximate surface area is 199 Å². The summed E-state index contributed by atoms with van der Waals surface area (Å²) in [7, 11) is 1.60. The summed E-state index contributed by atoms with van der Waals surface area (Å²) in [6.45, 7) is 3.03. The Morgan fingerprint density at radius 2 is 1.74 bits per heavy atom. The molecule has 5 rings (SSSR count). The summed E-state index contributed by atoms with van der Waals surface area (Å²) < 4.78 is 13.3. The molecule has 3 aromatic carbocycles. The van der Waals surface area contributed by atoms with E-state index < -0.39 is 0 Å². The fourth-order valence-electron chi connectivity index (χ4n) is 4.54. The molecule has 0 unspecified atom stereocenters. The monoisotopic (exact) mass is 453 g/mol. The van der Waals surface area contributed by atoms with Gasteiger partial charge in [-0.3, -0.25) is 0 Å². The summed E-state index contributed by atoms with van der Waals surface area (Å²) in [4.78, 5) is 15.7. The number of amides is 2. The van der Waals surface area contributed by atoms with Crippen LogP contribution in [0.5, 0.6) is 11.5 Å². The third-order valence-corrected chi connectivity index (χ3v) is 6.08. The van der Waals surface area contributed by atoms with E-state index >= 15 is 0 Å². The number of aromatic nitrogens is 1. The van der Waals surface area contributed by atoms with Gasteiger partial charge in [-0.2, -0.15) is 0 Å². The lowest BCUT2D eigenvalue weighted by Gasteiger charge is -2.31. The maximum absolute atomic E-state index is 13.8. The largest absolute Gasteiger partial charge is 0.495 e. The first-order valence-electron chi connectivity index (χ1n) is 11.4. The van der Waals surface area contributed by atoms with Gasteiger partial charge in [-0.1, -0.05) is 42.5 Å². The Kier molecular flexibility index (Phi) is 5.95. The quantitative estimate of drug-likeness (QED) is 0.402. The number of ether oxygens (including phenoxy) is 2. The van der Waals surface area contributed by atoms with Gasteiger partial charge < -0.3 is 24.3 Å². The van der Waals surface area contributed by atoms with Crippen molar-refractivity contribution >= 4 is 11.7 Å². The molecule has 0 saturated carbocycles. The van der Waals surface area contributed by atoms with Crippen LogP contribution in [0.4, 0.5) is 10.5 Å². The second-order valence-electron chi connectivity index (χ2n) is 8.09. The van der Waals surface area contributed by atoms with Crippen LogP contribution < -0.4 is 14.8 Å². The molecule has 0 spiro atoms. The summed E-state index contributed by atoms with van der Waals surface area (Å²) in [5.74, 6) is 1.43. The topological polar surface area (TPSA) is 55.7 Å². The van der Waals surface area contributed by atoms with Crippen molar-refractivity contribution < 1.29 is 14.3 Å². The van der Waals surface area contributed by atoms with Crippen LogP contribution in [0, 0.1) is 0 Å². The first kappa shape index (κ1) is 21.6. The third kappa shape index (κ3) is 3.99. The molecular weight excluding hydrogens is 426 g/mol. The Balaban J connectivity index is 1.60. The number of carbonyl (C=O) groups excluding carboxylic acids is 1. The first-order chi connectivity index (χ1) is 16.7. The average Bonchev–Trinajstić information content (AvgIpc) is 3.29. The molecule has 172 valence electrons. The molecule has 4 aromatic rings. The SMILES string of the molecule is CCOc1ccc([C@H]2c3cccn3-c3ccccc3CN2C(=O)Nc2ccccc2OC)cc1. The minimum absolute atomic E-state index is 0.201. The number of hydrogen-bond acceptors (Lipinski definition) is 3. The number of benzene rings is 3. The van der Waals surface area contributed by atoms with Gasteiger partial charge in [0.25, 0.3) is 0 Å². The number of hydrogen-bond donors (Lipinski definition) is 1. The molecule has 0 saturated heterocycles. The molecule has 1 N–H and O–H groups in total. The zero-order valence-electron chi connectivity index (χ0n) is 19.3. The minimum Gasteiger partial charge on any atom is -0.495 e. The molecule has 1 atom stereocenters. The van der Waals surface area contributed by atoms with E-state index in [1.807, 2.05) is 78.6 Å². The molecule has 2 amide bonds. The number of carbonyl (C=O) groups is 1. The van der Waals surface area contributed by atoms with E-state index in [0.29, 0.717) is 24.6 Å². The molecule has 0 fully saturated rings. The summed E-state index contributed by atoms with van der Waals surface area (Å²) >= 11 is 0. The number of nitrogens with one attached hydrogen (secondary N) is 1. The second-order valence-corrected chi connectivity index (χ2v) is 8.09. The lowest BCUT2D eigenvalue weighted by atomic mass is 10.0. The van der Waals surface area contributed by atoms with Gasteiger partial charge in [0.2, 0.25) is 0 Å². The van der Waals surface area contributed by atoms with Gasteiger partial charge in [0, 0.05) is 11.9 Å². The van der Waals surface area contributed by atoms with Gasteiger partial charge in [-0.25, -0.2) is 4.79 Å². The van der Waals surface area contributed by atoms with Gasteiger partial charge in [-0.15, -0.1) is 0 Å². The van der Waals surface area contributed by atoms with Crippen LogP contribution in [0.25, 0.3) is 5.69 Å². The number of anilines is 1. The number of urea groups is 1. The van der Waals surface area contributed by atoms with E-state index in [2.05, 4.69) is 34.3 Å². The first-order valence-corrected chi connectivity index (χ1v) is 11.4. The Morgan fingerprint density at radius 3 is 2.53 bits per heavy atom. The summed E-state index contributed by atoms with van der Waals surface area (Å²) in [5.41, 5.74) is 4.80. The van der Waals surface area contributed by atoms with E-state index in [1.165, 1.54) is 0 Å². The highest BCUT2D eigenvalue weighted by Gasteiger charge is 2.33. The number of fused-ring (bicyclic) bond motifs is 3. The Bertz CT molecular complexity index is 1300. The van der Waals surface area contributed by atoms with Gasteiger partial charge >= 0.3 is 6.03 Å². The highest BCUT2D eigenvalue weighted by atomic mass is 16.5. The molecule has 6 nitrogen and oxygen atoms in total. The van der Waals surface area contributed by atoms with Crippen LogP contribution in [-0.2, 0) is 6.54 Å². The highest BCUT2D eigenvalue weighted by molar-refractivity contribution is 5.91. The van der Waals surface area contributed by atoms with E-state index in [4.69, 9.17) is 9.47 Å². The molecule has 6 heteroatoms. The fourth-order valence-corrected chi connectivity index (χ4v) is 4.54. The number of methoxy groups -OCH3 is 1. The van der Waals surface area contributed by atoms with Crippen molar-refractivity contribution in [2.75, 3.05) is 19.0 Å². The summed E-state index contributed by atoms with van der Waals surface area (Å²) in [6.07, 6.45) is 2.05. The number of para-hydroxylation sites is 3. The van der Waals surface area contributed by atoms with E-state index in [1.54, 1.807) is 7.11 Å². The molecule has 0 bridgehead atoms. The van der Waals surface area contributed by atoms with Gasteiger partial charge in [0.05, 0.1) is 37.7 Å². The minimum atomic E-state index is -0.298.